The molecule has 2 aromatic rings. The first-order valence-electron chi connectivity index (χ1n) is 8.45. The monoisotopic (exact) mass is 357 g/mol. The number of nitrogens with one attached hydrogen (secondary N) is 2. The smallest absolute Gasteiger partial charge is 0.339 e. The van der Waals surface area contributed by atoms with Crippen LogP contribution in [0.3, 0.4) is 0 Å². The molecular weight excluding hydrogens is 334 g/mol. The predicted octanol–water partition coefficient (Wildman–Crippen LogP) is 4.07. The minimum atomic E-state index is -1.15. The number of anilines is 2. The Labute approximate surface area is 152 Å². The Morgan fingerprint density at radius 3 is 2.50 bits per heavy atom. The fourth-order valence-electron chi connectivity index (χ4n) is 2.28. The molecule has 7 nitrogen and oxygen atoms in total. The summed E-state index contributed by atoms with van der Waals surface area (Å²) in [6.07, 6.45) is 3.01. The second kappa shape index (κ2) is 9.31. The zero-order valence-electron chi connectivity index (χ0n) is 14.6. The van der Waals surface area contributed by atoms with Crippen LogP contribution in [0.1, 0.15) is 36.5 Å². The number of nitrogen functional groups attached to an aromatic ring is 1. The van der Waals surface area contributed by atoms with Crippen molar-refractivity contribution in [2.24, 2.45) is 0 Å². The van der Waals surface area contributed by atoms with Gasteiger partial charge in [-0.1, -0.05) is 19.8 Å². The van der Waals surface area contributed by atoms with Crippen LogP contribution >= 0.6 is 0 Å². The second-order valence-corrected chi connectivity index (χ2v) is 5.78. The number of rotatable bonds is 8. The number of amides is 2. The number of aromatic carboxylic acids is 1. The standard InChI is InChI=1S/C19H23N3O4/c1-2-3-4-11-21-19(25)22-14-7-10-17(16(12-14)18(23)24)26-15-8-5-13(20)6-9-15/h5-10,12H,2-4,11,20H2,1H3,(H,23,24)(H2,21,22,25). The van der Waals surface area contributed by atoms with E-state index in [1.165, 1.54) is 12.1 Å². The summed E-state index contributed by atoms with van der Waals surface area (Å²) in [5, 5.41) is 14.8. The largest absolute Gasteiger partial charge is 0.478 e. The van der Waals surface area contributed by atoms with E-state index in [9.17, 15) is 14.7 Å². The van der Waals surface area contributed by atoms with Gasteiger partial charge in [-0.05, 0) is 48.9 Å². The van der Waals surface area contributed by atoms with E-state index in [0.717, 1.165) is 19.3 Å². The molecule has 0 bridgehead atoms. The molecule has 26 heavy (non-hydrogen) atoms. The van der Waals surface area contributed by atoms with E-state index in [0.29, 0.717) is 23.7 Å². The number of ether oxygens (including phenoxy) is 1. The van der Waals surface area contributed by atoms with Gasteiger partial charge in [-0.3, -0.25) is 0 Å². The maximum atomic E-state index is 11.9. The molecule has 7 heteroatoms. The molecular formula is C19H23N3O4. The zero-order valence-corrected chi connectivity index (χ0v) is 14.6. The number of hydrogen-bond donors (Lipinski definition) is 4. The van der Waals surface area contributed by atoms with Crippen LogP contribution in [0.2, 0.25) is 0 Å². The molecule has 2 rings (SSSR count). The molecule has 0 aliphatic heterocycles. The number of carboxylic acid groups (broad SMARTS) is 1. The van der Waals surface area contributed by atoms with Crippen LogP contribution in [-0.2, 0) is 0 Å². The molecule has 0 aliphatic carbocycles. The predicted molar refractivity (Wildman–Crippen MR) is 101 cm³/mol. The Balaban J connectivity index is 2.06. The van der Waals surface area contributed by atoms with Crippen molar-refractivity contribution < 1.29 is 19.4 Å². The highest BCUT2D eigenvalue weighted by atomic mass is 16.5. The highest BCUT2D eigenvalue weighted by molar-refractivity contribution is 5.95. The molecule has 2 amide bonds. The molecule has 0 aliphatic rings. The number of carboxylic acids is 1. The van der Waals surface area contributed by atoms with Crippen molar-refractivity contribution in [3.8, 4) is 11.5 Å². The van der Waals surface area contributed by atoms with Crippen LogP contribution < -0.4 is 21.1 Å². The van der Waals surface area contributed by atoms with Gasteiger partial charge in [-0.2, -0.15) is 0 Å². The minimum absolute atomic E-state index is 0.0504. The van der Waals surface area contributed by atoms with E-state index in [1.54, 1.807) is 30.3 Å². The Morgan fingerprint density at radius 2 is 1.85 bits per heavy atom. The van der Waals surface area contributed by atoms with Gasteiger partial charge in [0, 0.05) is 17.9 Å². The van der Waals surface area contributed by atoms with Gasteiger partial charge in [0.1, 0.15) is 17.1 Å². The minimum Gasteiger partial charge on any atom is -0.478 e. The quantitative estimate of drug-likeness (QED) is 0.420. The third kappa shape index (κ3) is 5.70. The van der Waals surface area contributed by atoms with Crippen LogP contribution in [0, 0.1) is 0 Å². The SMILES string of the molecule is CCCCCNC(=O)Nc1ccc(Oc2ccc(N)cc2)c(C(=O)O)c1. The molecule has 0 aromatic heterocycles. The van der Waals surface area contributed by atoms with Crippen LogP contribution in [0.5, 0.6) is 11.5 Å². The fraction of sp³-hybridized carbons (Fsp3) is 0.263. The number of nitrogens with two attached hydrogens (primary N) is 1. The number of urea groups is 1. The highest BCUT2D eigenvalue weighted by Gasteiger charge is 2.14. The summed E-state index contributed by atoms with van der Waals surface area (Å²) >= 11 is 0. The first-order chi connectivity index (χ1) is 12.5. The fourth-order valence-corrected chi connectivity index (χ4v) is 2.28. The van der Waals surface area contributed by atoms with Gasteiger partial charge in [-0.25, -0.2) is 9.59 Å². The molecule has 0 unspecified atom stereocenters. The summed E-state index contributed by atoms with van der Waals surface area (Å²) < 4.78 is 5.61. The van der Waals surface area contributed by atoms with Gasteiger partial charge >= 0.3 is 12.0 Å². The molecule has 0 spiro atoms. The lowest BCUT2D eigenvalue weighted by Gasteiger charge is -2.12. The van der Waals surface area contributed by atoms with E-state index >= 15 is 0 Å². The summed E-state index contributed by atoms with van der Waals surface area (Å²) in [5.41, 5.74) is 6.53. The van der Waals surface area contributed by atoms with Crippen LogP contribution in [-0.4, -0.2) is 23.7 Å². The first kappa shape index (κ1) is 19.1. The van der Waals surface area contributed by atoms with Crippen molar-refractivity contribution in [1.29, 1.82) is 0 Å². The van der Waals surface area contributed by atoms with Crippen molar-refractivity contribution in [2.75, 3.05) is 17.6 Å². The van der Waals surface area contributed by atoms with E-state index in [4.69, 9.17) is 10.5 Å². The third-order valence-electron chi connectivity index (χ3n) is 3.64. The van der Waals surface area contributed by atoms with Crippen molar-refractivity contribution in [2.45, 2.75) is 26.2 Å². The third-order valence-corrected chi connectivity index (χ3v) is 3.64. The lowest BCUT2D eigenvalue weighted by Crippen LogP contribution is -2.29. The van der Waals surface area contributed by atoms with Gasteiger partial charge < -0.3 is 26.2 Å². The zero-order chi connectivity index (χ0) is 18.9. The van der Waals surface area contributed by atoms with Gasteiger partial charge in [0.2, 0.25) is 0 Å². The average Bonchev–Trinajstić information content (AvgIpc) is 2.62. The van der Waals surface area contributed by atoms with Crippen molar-refractivity contribution in [3.05, 3.63) is 48.0 Å². The van der Waals surface area contributed by atoms with Crippen LogP contribution in [0.15, 0.2) is 42.5 Å². The van der Waals surface area contributed by atoms with Crippen molar-refractivity contribution in [3.63, 3.8) is 0 Å². The molecule has 138 valence electrons. The molecule has 0 saturated heterocycles. The Hall–Kier alpha value is -3.22. The molecule has 2 aromatic carbocycles. The summed E-state index contributed by atoms with van der Waals surface area (Å²) in [7, 11) is 0. The summed E-state index contributed by atoms with van der Waals surface area (Å²) in [6, 6.07) is 10.7. The van der Waals surface area contributed by atoms with Gasteiger partial charge in [-0.15, -0.1) is 0 Å². The lowest BCUT2D eigenvalue weighted by atomic mass is 10.1. The second-order valence-electron chi connectivity index (χ2n) is 5.78. The Morgan fingerprint density at radius 1 is 1.12 bits per heavy atom. The summed E-state index contributed by atoms with van der Waals surface area (Å²) in [5.74, 6) is -0.505. The summed E-state index contributed by atoms with van der Waals surface area (Å²) in [4.78, 5) is 23.4. The van der Waals surface area contributed by atoms with Crippen molar-refractivity contribution >= 4 is 23.4 Å². The molecule has 0 fully saturated rings. The average molecular weight is 357 g/mol. The summed E-state index contributed by atoms with van der Waals surface area (Å²) in [6.45, 7) is 2.66. The van der Waals surface area contributed by atoms with E-state index < -0.39 is 5.97 Å². The van der Waals surface area contributed by atoms with E-state index in [2.05, 4.69) is 17.6 Å². The highest BCUT2D eigenvalue weighted by Crippen LogP contribution is 2.28. The number of hydrogen-bond acceptors (Lipinski definition) is 4. The maximum absolute atomic E-state index is 11.9. The van der Waals surface area contributed by atoms with Gasteiger partial charge in [0.15, 0.2) is 0 Å². The number of benzene rings is 2. The molecule has 0 saturated carbocycles. The molecule has 5 N–H and O–H groups in total. The number of carbonyl (C=O) groups is 2. The van der Waals surface area contributed by atoms with E-state index in [-0.39, 0.29) is 17.3 Å². The molecule has 0 radical (unpaired) electrons. The Bertz CT molecular complexity index is 760. The van der Waals surface area contributed by atoms with Gasteiger partial charge in [0.25, 0.3) is 0 Å². The normalized spacial score (nSPS) is 10.2. The maximum Gasteiger partial charge on any atom is 0.339 e. The number of carbonyl (C=O) groups excluding carboxylic acids is 1. The van der Waals surface area contributed by atoms with Crippen LogP contribution in [0.25, 0.3) is 0 Å². The first-order valence-corrected chi connectivity index (χ1v) is 8.45. The molecule has 0 atom stereocenters. The van der Waals surface area contributed by atoms with E-state index in [1.807, 2.05) is 0 Å². The van der Waals surface area contributed by atoms with Gasteiger partial charge in [0.05, 0.1) is 0 Å². The van der Waals surface area contributed by atoms with Crippen LogP contribution in [0.4, 0.5) is 16.2 Å². The topological polar surface area (TPSA) is 114 Å². The lowest BCUT2D eigenvalue weighted by molar-refractivity contribution is 0.0694. The number of unbranched alkanes of at least 4 members (excludes halogenated alkanes) is 2. The Kier molecular flexibility index (Phi) is 6.84. The van der Waals surface area contributed by atoms with Crippen molar-refractivity contribution in [1.82, 2.24) is 5.32 Å². The molecule has 0 heterocycles.